The number of halogens is 2. The minimum absolute atomic E-state index is 0.0523. The maximum absolute atomic E-state index is 10.8. The van der Waals surface area contributed by atoms with Crippen LogP contribution in [0.1, 0.15) is 11.3 Å². The molecule has 0 radical (unpaired) electrons. The normalized spacial score (nSPS) is 11.1. The van der Waals surface area contributed by atoms with Gasteiger partial charge < -0.3 is 4.42 Å². The highest BCUT2D eigenvalue weighted by Crippen LogP contribution is 2.27. The van der Waals surface area contributed by atoms with Crippen LogP contribution in [0.4, 0.5) is 11.4 Å². The third-order valence-corrected chi connectivity index (χ3v) is 4.10. The monoisotopic (exact) mass is 386 g/mol. The maximum Gasteiger partial charge on any atom is 0.274 e. The van der Waals surface area contributed by atoms with Crippen molar-refractivity contribution in [3.05, 3.63) is 54.8 Å². The van der Waals surface area contributed by atoms with Gasteiger partial charge in [-0.1, -0.05) is 6.07 Å². The van der Waals surface area contributed by atoms with Gasteiger partial charge in [-0.25, -0.2) is 0 Å². The molecule has 1 heterocycles. The average molecular weight is 388 g/mol. The Balaban J connectivity index is 2.28. The summed E-state index contributed by atoms with van der Waals surface area (Å²) in [5.74, 6) is 0.543. The van der Waals surface area contributed by atoms with E-state index in [1.54, 1.807) is 25.1 Å². The van der Waals surface area contributed by atoms with Gasteiger partial charge in [0, 0.05) is 17.7 Å². The highest BCUT2D eigenvalue weighted by Gasteiger charge is 2.10. The molecule has 0 aliphatic rings. The van der Waals surface area contributed by atoms with Crippen LogP contribution in [0.15, 0.2) is 42.8 Å². The zero-order valence-corrected chi connectivity index (χ0v) is 12.9. The molecule has 0 saturated heterocycles. The first-order chi connectivity index (χ1) is 8.97. The van der Waals surface area contributed by atoms with Crippen LogP contribution < -0.4 is 0 Å². The third-order valence-electron chi connectivity index (χ3n) is 2.39. The van der Waals surface area contributed by atoms with Crippen LogP contribution in [-0.4, -0.2) is 11.1 Å². The van der Waals surface area contributed by atoms with Gasteiger partial charge >= 0.3 is 0 Å². The molecule has 7 heteroatoms. The number of furan rings is 1. The number of benzene rings is 1. The van der Waals surface area contributed by atoms with Crippen LogP contribution in [0, 0.1) is 17.0 Å². The number of hydrogen-bond acceptors (Lipinski definition) is 4. The van der Waals surface area contributed by atoms with Crippen LogP contribution in [0.2, 0.25) is 0 Å². The van der Waals surface area contributed by atoms with Crippen molar-refractivity contribution in [3.8, 4) is 0 Å². The van der Waals surface area contributed by atoms with E-state index in [4.69, 9.17) is 4.42 Å². The van der Waals surface area contributed by atoms with Gasteiger partial charge in [0.25, 0.3) is 5.69 Å². The summed E-state index contributed by atoms with van der Waals surface area (Å²) < 4.78 is 6.68. The zero-order chi connectivity index (χ0) is 14.0. The van der Waals surface area contributed by atoms with Crippen LogP contribution >= 0.6 is 31.9 Å². The SMILES string of the molecule is Cc1ccc(N=Cc2cc(Br)c(Br)o2)cc1[N+](=O)[O-]. The standard InChI is InChI=1S/C12H8Br2N2O3/c1-7-2-3-8(4-11(7)16(17)18)15-6-9-5-10(13)12(14)19-9/h2-6H,1H3. The van der Waals surface area contributed by atoms with E-state index in [1.807, 2.05) is 0 Å². The molecule has 2 rings (SSSR count). The average Bonchev–Trinajstić information content (AvgIpc) is 2.67. The molecule has 1 aromatic carbocycles. The molecule has 5 nitrogen and oxygen atoms in total. The topological polar surface area (TPSA) is 68.6 Å². The molecule has 0 bridgehead atoms. The molecule has 0 N–H and O–H groups in total. The molecule has 0 aliphatic carbocycles. The van der Waals surface area contributed by atoms with Crippen molar-refractivity contribution in [2.45, 2.75) is 6.92 Å². The Kier molecular flexibility index (Phi) is 4.16. The Labute approximate surface area is 125 Å². The van der Waals surface area contributed by atoms with E-state index in [1.165, 1.54) is 12.3 Å². The summed E-state index contributed by atoms with van der Waals surface area (Å²) in [5, 5.41) is 10.8. The summed E-state index contributed by atoms with van der Waals surface area (Å²) in [6.07, 6.45) is 1.50. The first-order valence-corrected chi connectivity index (χ1v) is 6.80. The number of nitro groups is 1. The lowest BCUT2D eigenvalue weighted by molar-refractivity contribution is -0.385. The molecule has 0 atom stereocenters. The molecule has 19 heavy (non-hydrogen) atoms. The number of aliphatic imine (C=N–C) groups is 1. The minimum atomic E-state index is -0.422. The van der Waals surface area contributed by atoms with Gasteiger partial charge in [0.2, 0.25) is 0 Å². The van der Waals surface area contributed by atoms with E-state index in [9.17, 15) is 10.1 Å². The number of nitrogens with zero attached hydrogens (tertiary/aromatic N) is 2. The lowest BCUT2D eigenvalue weighted by Crippen LogP contribution is -1.90. The smallest absolute Gasteiger partial charge is 0.274 e. The van der Waals surface area contributed by atoms with Crippen LogP contribution in [0.25, 0.3) is 0 Å². The summed E-state index contributed by atoms with van der Waals surface area (Å²) in [6.45, 7) is 1.69. The summed E-state index contributed by atoms with van der Waals surface area (Å²) in [5.41, 5.74) is 1.16. The number of rotatable bonds is 3. The summed E-state index contributed by atoms with van der Waals surface area (Å²) in [7, 11) is 0. The second-order valence-electron chi connectivity index (χ2n) is 3.76. The molecule has 0 amide bonds. The van der Waals surface area contributed by atoms with E-state index in [0.29, 0.717) is 21.7 Å². The van der Waals surface area contributed by atoms with Crippen LogP contribution in [0.3, 0.4) is 0 Å². The maximum atomic E-state index is 10.8. The summed E-state index contributed by atoms with van der Waals surface area (Å²) in [6, 6.07) is 6.56. The fourth-order valence-electron chi connectivity index (χ4n) is 1.44. The molecule has 0 unspecified atom stereocenters. The molecule has 0 fully saturated rings. The van der Waals surface area contributed by atoms with E-state index in [-0.39, 0.29) is 5.69 Å². The Morgan fingerprint density at radius 1 is 1.37 bits per heavy atom. The van der Waals surface area contributed by atoms with Crippen molar-refractivity contribution in [2.24, 2.45) is 4.99 Å². The Hall–Kier alpha value is -1.47. The lowest BCUT2D eigenvalue weighted by atomic mass is 10.2. The summed E-state index contributed by atoms with van der Waals surface area (Å²) >= 11 is 6.51. The van der Waals surface area contributed by atoms with Gasteiger partial charge in [-0.05, 0) is 44.8 Å². The van der Waals surface area contributed by atoms with Gasteiger partial charge in [-0.2, -0.15) is 0 Å². The Morgan fingerprint density at radius 3 is 2.68 bits per heavy atom. The first-order valence-electron chi connectivity index (χ1n) is 5.21. The fourth-order valence-corrected chi connectivity index (χ4v) is 2.05. The molecular formula is C12H8Br2N2O3. The van der Waals surface area contributed by atoms with Crippen molar-refractivity contribution < 1.29 is 9.34 Å². The molecule has 0 spiro atoms. The van der Waals surface area contributed by atoms with Gasteiger partial charge in [0.05, 0.1) is 21.3 Å². The highest BCUT2D eigenvalue weighted by atomic mass is 79.9. The van der Waals surface area contributed by atoms with Gasteiger partial charge in [-0.15, -0.1) is 0 Å². The van der Waals surface area contributed by atoms with Crippen LogP contribution in [0.5, 0.6) is 0 Å². The van der Waals surface area contributed by atoms with Crippen LogP contribution in [-0.2, 0) is 0 Å². The molecule has 98 valence electrons. The molecular weight excluding hydrogens is 380 g/mol. The number of nitro benzene ring substituents is 1. The fraction of sp³-hybridized carbons (Fsp3) is 0.0833. The van der Waals surface area contributed by atoms with Gasteiger partial charge in [0.1, 0.15) is 5.76 Å². The van der Waals surface area contributed by atoms with Crippen molar-refractivity contribution in [3.63, 3.8) is 0 Å². The zero-order valence-electron chi connectivity index (χ0n) is 9.76. The Bertz CT molecular complexity index is 645. The molecule has 1 aromatic heterocycles. The van der Waals surface area contributed by atoms with E-state index in [2.05, 4.69) is 36.9 Å². The van der Waals surface area contributed by atoms with Gasteiger partial charge in [-0.3, -0.25) is 15.1 Å². The minimum Gasteiger partial charge on any atom is -0.447 e. The Morgan fingerprint density at radius 2 is 2.11 bits per heavy atom. The predicted octanol–water partition coefficient (Wildman–Crippen LogP) is 4.77. The molecule has 2 aromatic rings. The van der Waals surface area contributed by atoms with E-state index >= 15 is 0 Å². The van der Waals surface area contributed by atoms with Crippen molar-refractivity contribution >= 4 is 49.4 Å². The highest BCUT2D eigenvalue weighted by molar-refractivity contribution is 9.13. The second-order valence-corrected chi connectivity index (χ2v) is 5.33. The van der Waals surface area contributed by atoms with E-state index in [0.717, 1.165) is 4.47 Å². The van der Waals surface area contributed by atoms with Crippen molar-refractivity contribution in [1.82, 2.24) is 0 Å². The molecule has 0 aliphatic heterocycles. The quantitative estimate of drug-likeness (QED) is 0.432. The second kappa shape index (κ2) is 5.66. The number of hydrogen-bond donors (Lipinski definition) is 0. The van der Waals surface area contributed by atoms with E-state index < -0.39 is 4.92 Å². The number of aryl methyl sites for hydroxylation is 1. The first kappa shape index (κ1) is 14.0. The van der Waals surface area contributed by atoms with Crippen molar-refractivity contribution in [2.75, 3.05) is 0 Å². The third kappa shape index (κ3) is 3.30. The predicted molar refractivity (Wildman–Crippen MR) is 79.2 cm³/mol. The summed E-state index contributed by atoms with van der Waals surface area (Å²) in [4.78, 5) is 14.5. The largest absolute Gasteiger partial charge is 0.447 e. The lowest BCUT2D eigenvalue weighted by Gasteiger charge is -1.97. The molecule has 0 saturated carbocycles. The van der Waals surface area contributed by atoms with Crippen molar-refractivity contribution in [1.29, 1.82) is 0 Å². The van der Waals surface area contributed by atoms with Gasteiger partial charge in [0.15, 0.2) is 4.67 Å².